The van der Waals surface area contributed by atoms with E-state index in [9.17, 15) is 10.2 Å². The number of thiol groups is 1. The van der Waals surface area contributed by atoms with Crippen LogP contribution in [0.25, 0.3) is 10.9 Å². The zero-order chi connectivity index (χ0) is 12.4. The molecule has 92 valence electrons. The lowest BCUT2D eigenvalue weighted by Crippen LogP contribution is -2.18. The molecule has 0 aliphatic carbocycles. The van der Waals surface area contributed by atoms with E-state index >= 15 is 0 Å². The molecule has 0 amide bonds. The van der Waals surface area contributed by atoms with Crippen LogP contribution in [0.5, 0.6) is 0 Å². The molecule has 2 rings (SSSR count). The van der Waals surface area contributed by atoms with Gasteiger partial charge in [-0.15, -0.1) is 0 Å². The molecule has 17 heavy (non-hydrogen) atoms. The van der Waals surface area contributed by atoms with E-state index in [1.54, 1.807) is 18.2 Å². The third-order valence-corrected chi connectivity index (χ3v) is 3.01. The maximum absolute atomic E-state index is 9.94. The Morgan fingerprint density at radius 3 is 2.88 bits per heavy atom. The summed E-state index contributed by atoms with van der Waals surface area (Å²) in [6.45, 7) is 0. The van der Waals surface area contributed by atoms with Crippen molar-refractivity contribution >= 4 is 29.3 Å². The summed E-state index contributed by atoms with van der Waals surface area (Å²) in [6, 6.07) is 5.26. The Kier molecular flexibility index (Phi) is 3.56. The van der Waals surface area contributed by atoms with E-state index < -0.39 is 12.2 Å². The highest BCUT2D eigenvalue weighted by atomic mass is 32.1. The van der Waals surface area contributed by atoms with E-state index in [1.165, 1.54) is 0 Å². The third kappa shape index (κ3) is 2.38. The number of fused-ring (bicyclic) bond motifs is 1. The third-order valence-electron chi connectivity index (χ3n) is 2.75. The van der Waals surface area contributed by atoms with E-state index in [-0.39, 0.29) is 0 Å². The second-order valence-corrected chi connectivity index (χ2v) is 4.39. The summed E-state index contributed by atoms with van der Waals surface area (Å²) in [4.78, 5) is 0. The topological polar surface area (TPSA) is 95.2 Å². The monoisotopic (exact) mass is 253 g/mol. The van der Waals surface area contributed by atoms with Crippen molar-refractivity contribution in [2.45, 2.75) is 18.6 Å². The van der Waals surface area contributed by atoms with Crippen LogP contribution in [0, 0.1) is 0 Å². The predicted molar refractivity (Wildman–Crippen MR) is 69.9 cm³/mol. The van der Waals surface area contributed by atoms with Gasteiger partial charge in [0.05, 0.1) is 11.6 Å². The minimum atomic E-state index is -0.920. The van der Waals surface area contributed by atoms with Gasteiger partial charge in [0.25, 0.3) is 0 Å². The van der Waals surface area contributed by atoms with Crippen molar-refractivity contribution in [3.05, 3.63) is 23.8 Å². The molecule has 5 N–H and O–H groups in total. The van der Waals surface area contributed by atoms with Crippen LogP contribution in [0.2, 0.25) is 0 Å². The quantitative estimate of drug-likeness (QED) is 0.522. The highest BCUT2D eigenvalue weighted by Crippen LogP contribution is 2.25. The van der Waals surface area contributed by atoms with Gasteiger partial charge in [-0.05, 0) is 29.9 Å². The number of nitrogens with one attached hydrogen (secondary N) is 1. The Morgan fingerprint density at radius 2 is 2.18 bits per heavy atom. The van der Waals surface area contributed by atoms with Crippen molar-refractivity contribution in [1.82, 2.24) is 10.2 Å². The van der Waals surface area contributed by atoms with Crippen molar-refractivity contribution in [3.63, 3.8) is 0 Å². The molecule has 2 aromatic rings. The first kappa shape index (κ1) is 12.2. The van der Waals surface area contributed by atoms with Crippen LogP contribution in [0.15, 0.2) is 18.2 Å². The average Bonchev–Trinajstić information content (AvgIpc) is 2.70. The Bertz CT molecular complexity index is 514. The number of aliphatic hydroxyl groups excluding tert-OH is 2. The number of aromatic nitrogens is 2. The highest BCUT2D eigenvalue weighted by Gasteiger charge is 2.18. The van der Waals surface area contributed by atoms with Crippen molar-refractivity contribution in [2.75, 3.05) is 11.5 Å². The molecule has 5 nitrogen and oxygen atoms in total. The van der Waals surface area contributed by atoms with Gasteiger partial charge in [-0.3, -0.25) is 5.10 Å². The SMILES string of the molecule is Nc1n[nH]c2cc(C(O)C(O)CCS)ccc12. The highest BCUT2D eigenvalue weighted by molar-refractivity contribution is 7.80. The van der Waals surface area contributed by atoms with Crippen molar-refractivity contribution < 1.29 is 10.2 Å². The van der Waals surface area contributed by atoms with E-state index in [0.717, 1.165) is 10.9 Å². The van der Waals surface area contributed by atoms with Gasteiger partial charge in [-0.25, -0.2) is 0 Å². The van der Waals surface area contributed by atoms with Crippen molar-refractivity contribution in [2.24, 2.45) is 0 Å². The lowest BCUT2D eigenvalue weighted by atomic mass is 10.0. The fourth-order valence-corrected chi connectivity index (χ4v) is 2.02. The van der Waals surface area contributed by atoms with Crippen molar-refractivity contribution in [3.8, 4) is 0 Å². The predicted octanol–water partition coefficient (Wildman–Crippen LogP) is 0.859. The molecule has 0 aliphatic rings. The largest absolute Gasteiger partial charge is 0.390 e. The van der Waals surface area contributed by atoms with Gasteiger partial charge < -0.3 is 15.9 Å². The number of aliphatic hydroxyl groups is 2. The summed E-state index contributed by atoms with van der Waals surface area (Å²) in [5, 5.41) is 27.1. The second-order valence-electron chi connectivity index (χ2n) is 3.94. The molecule has 0 spiro atoms. The van der Waals surface area contributed by atoms with Crippen LogP contribution in [-0.2, 0) is 0 Å². The number of benzene rings is 1. The van der Waals surface area contributed by atoms with Gasteiger partial charge in [0.15, 0.2) is 5.82 Å². The molecule has 2 unspecified atom stereocenters. The molecule has 1 aromatic heterocycles. The number of anilines is 1. The van der Waals surface area contributed by atoms with E-state index in [0.29, 0.717) is 23.6 Å². The molecule has 0 fully saturated rings. The van der Waals surface area contributed by atoms with Gasteiger partial charge in [-0.2, -0.15) is 17.7 Å². The smallest absolute Gasteiger partial charge is 0.153 e. The summed E-state index contributed by atoms with van der Waals surface area (Å²) in [7, 11) is 0. The van der Waals surface area contributed by atoms with Gasteiger partial charge in [0.1, 0.15) is 6.10 Å². The summed E-state index contributed by atoms with van der Waals surface area (Å²) in [6.07, 6.45) is -1.30. The zero-order valence-electron chi connectivity index (χ0n) is 9.17. The number of H-pyrrole nitrogens is 1. The Morgan fingerprint density at radius 1 is 1.41 bits per heavy atom. The maximum Gasteiger partial charge on any atom is 0.153 e. The first-order chi connectivity index (χ1) is 8.13. The van der Waals surface area contributed by atoms with Gasteiger partial charge in [-0.1, -0.05) is 6.07 Å². The number of nitrogen functional groups attached to an aromatic ring is 1. The number of nitrogens with zero attached hydrogens (tertiary/aromatic N) is 1. The van der Waals surface area contributed by atoms with Gasteiger partial charge in [0.2, 0.25) is 0 Å². The molecule has 0 bridgehead atoms. The molecule has 1 aromatic carbocycles. The van der Waals surface area contributed by atoms with Gasteiger partial charge >= 0.3 is 0 Å². The number of aromatic amines is 1. The van der Waals surface area contributed by atoms with Crippen LogP contribution >= 0.6 is 12.6 Å². The molecule has 0 radical (unpaired) electrons. The maximum atomic E-state index is 9.94. The van der Waals surface area contributed by atoms with Crippen molar-refractivity contribution in [1.29, 1.82) is 0 Å². The molecule has 0 aliphatic heterocycles. The Balaban J connectivity index is 2.29. The van der Waals surface area contributed by atoms with E-state index in [1.807, 2.05) is 0 Å². The normalized spacial score (nSPS) is 15.0. The molecular weight excluding hydrogens is 238 g/mol. The second kappa shape index (κ2) is 4.95. The average molecular weight is 253 g/mol. The molecular formula is C11H15N3O2S. The molecule has 0 saturated carbocycles. The summed E-state index contributed by atoms with van der Waals surface area (Å²) in [5.74, 6) is 0.953. The van der Waals surface area contributed by atoms with Crippen LogP contribution in [0.4, 0.5) is 5.82 Å². The van der Waals surface area contributed by atoms with Crippen LogP contribution < -0.4 is 5.73 Å². The van der Waals surface area contributed by atoms with Crippen LogP contribution in [0.1, 0.15) is 18.1 Å². The lowest BCUT2D eigenvalue weighted by Gasteiger charge is -2.17. The lowest BCUT2D eigenvalue weighted by molar-refractivity contribution is 0.0173. The standard InChI is InChI=1S/C11H15N3O2S/c12-11-7-2-1-6(5-8(7)13-14-11)10(16)9(15)3-4-17/h1-2,5,9-10,15-17H,3-4H2,(H3,12,13,14). The number of rotatable bonds is 4. The molecule has 0 saturated heterocycles. The number of hydrogen-bond donors (Lipinski definition) is 5. The first-order valence-corrected chi connectivity index (χ1v) is 5.97. The Hall–Kier alpha value is -1.24. The summed E-state index contributed by atoms with van der Waals surface area (Å²) < 4.78 is 0. The minimum Gasteiger partial charge on any atom is -0.390 e. The minimum absolute atomic E-state index is 0.428. The zero-order valence-corrected chi connectivity index (χ0v) is 10.1. The summed E-state index contributed by atoms with van der Waals surface area (Å²) >= 11 is 4.03. The molecule has 2 atom stereocenters. The summed E-state index contributed by atoms with van der Waals surface area (Å²) in [5.41, 5.74) is 7.03. The van der Waals surface area contributed by atoms with Crippen LogP contribution in [-0.4, -0.2) is 32.3 Å². The number of hydrogen-bond acceptors (Lipinski definition) is 5. The van der Waals surface area contributed by atoms with E-state index in [2.05, 4.69) is 22.8 Å². The number of nitrogens with two attached hydrogens (primary N) is 1. The molecule has 6 heteroatoms. The van der Waals surface area contributed by atoms with Crippen LogP contribution in [0.3, 0.4) is 0 Å². The Labute approximate surface area is 104 Å². The van der Waals surface area contributed by atoms with Gasteiger partial charge in [0, 0.05) is 5.39 Å². The fraction of sp³-hybridized carbons (Fsp3) is 0.364. The van der Waals surface area contributed by atoms with E-state index in [4.69, 9.17) is 5.73 Å². The fourth-order valence-electron chi connectivity index (χ4n) is 1.75. The first-order valence-electron chi connectivity index (χ1n) is 5.34. The molecule has 1 heterocycles.